The molecule has 0 aromatic heterocycles. The smallest absolute Gasteiger partial charge is 0.124 e. The van der Waals surface area contributed by atoms with E-state index in [1.54, 1.807) is 0 Å². The van der Waals surface area contributed by atoms with Gasteiger partial charge in [0.25, 0.3) is 0 Å². The van der Waals surface area contributed by atoms with Crippen molar-refractivity contribution in [1.82, 2.24) is 0 Å². The van der Waals surface area contributed by atoms with Gasteiger partial charge in [-0.3, -0.25) is 0 Å². The average Bonchev–Trinajstić information content (AvgIpc) is 3.18. The Hall–Kier alpha value is -2.52. The molecule has 0 fully saturated rings. The fraction of sp³-hybridized carbons (Fsp3) is 0.296. The number of carbonyl (C=O) groups excluding carboxylic acids is 1. The van der Waals surface area contributed by atoms with E-state index in [2.05, 4.69) is 73.8 Å². The van der Waals surface area contributed by atoms with Crippen LogP contribution in [-0.4, -0.2) is 12.5 Å². The summed E-state index contributed by atoms with van der Waals surface area (Å²) in [5, 5.41) is 0. The molecule has 1 atom stereocenters. The lowest BCUT2D eigenvalue weighted by Gasteiger charge is -2.40. The van der Waals surface area contributed by atoms with Gasteiger partial charge in [0.1, 0.15) is 6.29 Å². The van der Waals surface area contributed by atoms with Crippen LogP contribution >= 0.6 is 11.9 Å². The summed E-state index contributed by atoms with van der Waals surface area (Å²) in [5.41, 5.74) is 14.4. The predicted molar refractivity (Wildman–Crippen MR) is 128 cm³/mol. The zero-order valence-electron chi connectivity index (χ0n) is 18.1. The van der Waals surface area contributed by atoms with E-state index in [0.717, 1.165) is 19.1 Å². The molecular weight excluding hydrogens is 386 g/mol. The Bertz CT molecular complexity index is 1160. The molecule has 0 saturated carbocycles. The summed E-state index contributed by atoms with van der Waals surface area (Å²) in [6.07, 6.45) is 5.98. The summed E-state index contributed by atoms with van der Waals surface area (Å²) < 4.78 is 2.52. The molecule has 2 aliphatic rings. The van der Waals surface area contributed by atoms with E-state index in [0.29, 0.717) is 12.5 Å². The first kappa shape index (κ1) is 19.4. The van der Waals surface area contributed by atoms with E-state index in [1.165, 1.54) is 61.3 Å². The number of nitrogens with zero attached hydrogens (tertiary/aromatic N) is 1. The highest BCUT2D eigenvalue weighted by atomic mass is 32.2. The molecule has 5 rings (SSSR count). The number of fused-ring (bicyclic) bond motifs is 2. The molecule has 3 heteroatoms. The molecule has 1 heterocycles. The normalized spacial score (nSPS) is 16.4. The molecular formula is C27H27NOS. The maximum atomic E-state index is 11.7. The van der Waals surface area contributed by atoms with Gasteiger partial charge in [-0.1, -0.05) is 60.0 Å². The van der Waals surface area contributed by atoms with Gasteiger partial charge in [-0.05, 0) is 78.1 Å². The first-order chi connectivity index (χ1) is 14.6. The third kappa shape index (κ3) is 2.68. The second-order valence-electron chi connectivity index (χ2n) is 8.51. The van der Waals surface area contributed by atoms with Crippen LogP contribution in [0.5, 0.6) is 0 Å². The minimum absolute atomic E-state index is 0.422. The summed E-state index contributed by atoms with van der Waals surface area (Å²) in [6.45, 7) is 6.57. The van der Waals surface area contributed by atoms with Gasteiger partial charge in [-0.2, -0.15) is 0 Å². The molecule has 1 aliphatic heterocycles. The highest BCUT2D eigenvalue weighted by Crippen LogP contribution is 2.57. The Morgan fingerprint density at radius 3 is 2.50 bits per heavy atom. The van der Waals surface area contributed by atoms with Gasteiger partial charge < -0.3 is 9.10 Å². The largest absolute Gasteiger partial charge is 0.308 e. The van der Waals surface area contributed by atoms with Crippen LogP contribution in [0.25, 0.3) is 22.3 Å². The summed E-state index contributed by atoms with van der Waals surface area (Å²) in [6, 6.07) is 16.0. The van der Waals surface area contributed by atoms with Gasteiger partial charge in [0.15, 0.2) is 0 Å². The van der Waals surface area contributed by atoms with Gasteiger partial charge >= 0.3 is 0 Å². The summed E-state index contributed by atoms with van der Waals surface area (Å²) >= 11 is 1.82. The van der Waals surface area contributed by atoms with E-state index in [-0.39, 0.29) is 0 Å². The Balaban J connectivity index is 1.89. The second kappa shape index (κ2) is 7.31. The van der Waals surface area contributed by atoms with Gasteiger partial charge in [0.05, 0.1) is 11.7 Å². The molecule has 3 aromatic rings. The molecule has 2 nitrogen and oxygen atoms in total. The van der Waals surface area contributed by atoms with Crippen LogP contribution < -0.4 is 4.31 Å². The highest BCUT2D eigenvalue weighted by Gasteiger charge is 2.39. The quantitative estimate of drug-likeness (QED) is 0.348. The van der Waals surface area contributed by atoms with Crippen LogP contribution in [0.3, 0.4) is 0 Å². The minimum atomic E-state index is 0.422. The molecule has 0 saturated heterocycles. The third-order valence-electron chi connectivity index (χ3n) is 6.91. The molecule has 30 heavy (non-hydrogen) atoms. The third-order valence-corrected chi connectivity index (χ3v) is 7.74. The van der Waals surface area contributed by atoms with Crippen molar-refractivity contribution in [2.45, 2.75) is 46.1 Å². The Labute approximate surface area is 183 Å². The minimum Gasteiger partial charge on any atom is -0.308 e. The molecule has 0 N–H and O–H groups in total. The van der Waals surface area contributed by atoms with Crippen molar-refractivity contribution in [3.8, 4) is 22.3 Å². The van der Waals surface area contributed by atoms with Crippen LogP contribution in [0.1, 0.15) is 45.8 Å². The summed E-state index contributed by atoms with van der Waals surface area (Å²) in [4.78, 5) is 11.7. The van der Waals surface area contributed by atoms with Crippen LogP contribution in [0, 0.1) is 20.8 Å². The Kier molecular flexibility index (Phi) is 4.74. The number of carbonyl (C=O) groups is 1. The summed E-state index contributed by atoms with van der Waals surface area (Å²) in [5.74, 6) is 0. The topological polar surface area (TPSA) is 20.3 Å². The van der Waals surface area contributed by atoms with Crippen LogP contribution in [0.15, 0.2) is 42.5 Å². The molecule has 1 aliphatic carbocycles. The van der Waals surface area contributed by atoms with E-state index >= 15 is 0 Å². The SMILES string of the molecule is CSN1c2c(C)c(CC=O)c(-c3ccc(C)cc3)c(C)c2-c2cccc3c2[C@@H]1CC3. The highest BCUT2D eigenvalue weighted by molar-refractivity contribution is 8.00. The zero-order valence-corrected chi connectivity index (χ0v) is 18.9. The van der Waals surface area contributed by atoms with Crippen LogP contribution in [0.4, 0.5) is 5.69 Å². The summed E-state index contributed by atoms with van der Waals surface area (Å²) in [7, 11) is 0. The van der Waals surface area contributed by atoms with Gasteiger partial charge in [0.2, 0.25) is 0 Å². The molecule has 0 bridgehead atoms. The van der Waals surface area contributed by atoms with Gasteiger partial charge in [0, 0.05) is 18.2 Å². The van der Waals surface area contributed by atoms with Crippen LogP contribution in [0.2, 0.25) is 0 Å². The molecule has 0 spiro atoms. The maximum absolute atomic E-state index is 11.7. The lowest BCUT2D eigenvalue weighted by Crippen LogP contribution is -2.26. The fourth-order valence-electron chi connectivity index (χ4n) is 5.59. The number of aldehydes is 1. The van der Waals surface area contributed by atoms with Crippen molar-refractivity contribution in [2.75, 3.05) is 10.6 Å². The first-order valence-corrected chi connectivity index (χ1v) is 11.9. The number of hydrogen-bond acceptors (Lipinski definition) is 3. The van der Waals surface area contributed by atoms with Crippen molar-refractivity contribution in [3.05, 3.63) is 75.8 Å². The first-order valence-electron chi connectivity index (χ1n) is 10.7. The van der Waals surface area contributed by atoms with Gasteiger partial charge in [-0.25, -0.2) is 0 Å². The van der Waals surface area contributed by atoms with Crippen molar-refractivity contribution in [3.63, 3.8) is 0 Å². The maximum Gasteiger partial charge on any atom is 0.124 e. The Morgan fingerprint density at radius 1 is 1.03 bits per heavy atom. The predicted octanol–water partition coefficient (Wildman–Crippen LogP) is 6.77. The second-order valence-corrected chi connectivity index (χ2v) is 9.26. The standard InChI is InChI=1S/C27H27NOS/c1-16-8-10-20(11-9-16)24-18(3)25-22-7-5-6-19-12-13-23(26(19)22)28(30-4)27(25)17(2)21(24)14-15-29/h5-11,15,23H,12-14H2,1-4H3/t23-/m0/s1. The van der Waals surface area contributed by atoms with E-state index in [1.807, 2.05) is 11.9 Å². The monoisotopic (exact) mass is 413 g/mol. The zero-order chi connectivity index (χ0) is 21.0. The number of hydrogen-bond donors (Lipinski definition) is 0. The number of anilines is 1. The molecule has 0 radical (unpaired) electrons. The van der Waals surface area contributed by atoms with Crippen molar-refractivity contribution < 1.29 is 4.79 Å². The van der Waals surface area contributed by atoms with E-state index in [4.69, 9.17) is 0 Å². The Morgan fingerprint density at radius 2 is 1.80 bits per heavy atom. The van der Waals surface area contributed by atoms with Crippen LogP contribution in [-0.2, 0) is 17.6 Å². The fourth-order valence-corrected chi connectivity index (χ4v) is 6.47. The molecule has 0 unspecified atom stereocenters. The average molecular weight is 414 g/mol. The lowest BCUT2D eigenvalue weighted by molar-refractivity contribution is -0.107. The van der Waals surface area contributed by atoms with Gasteiger partial charge in [-0.15, -0.1) is 0 Å². The van der Waals surface area contributed by atoms with Crippen molar-refractivity contribution in [1.29, 1.82) is 0 Å². The molecule has 0 amide bonds. The molecule has 3 aromatic carbocycles. The van der Waals surface area contributed by atoms with Crippen molar-refractivity contribution in [2.24, 2.45) is 0 Å². The van der Waals surface area contributed by atoms with Crippen molar-refractivity contribution >= 4 is 23.9 Å². The van der Waals surface area contributed by atoms with E-state index < -0.39 is 0 Å². The number of aryl methyl sites for hydroxylation is 2. The molecule has 152 valence electrons. The van der Waals surface area contributed by atoms with E-state index in [9.17, 15) is 4.79 Å². The number of benzene rings is 3. The lowest BCUT2D eigenvalue weighted by atomic mass is 9.79. The number of rotatable bonds is 4.